The summed E-state index contributed by atoms with van der Waals surface area (Å²) in [6.45, 7) is 11.0. The molecule has 0 aliphatic carbocycles. The largest absolute Gasteiger partial charge is 0.478 e. The van der Waals surface area contributed by atoms with Crippen molar-refractivity contribution in [3.63, 3.8) is 0 Å². The zero-order valence-corrected chi connectivity index (χ0v) is 18.8. The van der Waals surface area contributed by atoms with Crippen molar-refractivity contribution >= 4 is 23.9 Å². The maximum absolute atomic E-state index is 11.1. The molecule has 31 heavy (non-hydrogen) atoms. The number of rotatable bonds is 15. The van der Waals surface area contributed by atoms with E-state index >= 15 is 0 Å². The average Bonchev–Trinajstić information content (AvgIpc) is 2.71. The predicted molar refractivity (Wildman–Crippen MR) is 120 cm³/mol. The Morgan fingerprint density at radius 3 is 1.39 bits per heavy atom. The van der Waals surface area contributed by atoms with E-state index in [2.05, 4.69) is 20.1 Å². The fourth-order valence-corrected chi connectivity index (χ4v) is 2.02. The molecule has 0 fully saturated rings. The van der Waals surface area contributed by atoms with E-state index in [4.69, 9.17) is 20.1 Å². The molecule has 0 amide bonds. The van der Waals surface area contributed by atoms with Crippen molar-refractivity contribution in [2.75, 3.05) is 6.61 Å². The minimum Gasteiger partial charge on any atom is -0.478 e. The molecule has 0 spiro atoms. The second kappa shape index (κ2) is 25.1. The number of carbonyl (C=O) groups excluding carboxylic acids is 1. The van der Waals surface area contributed by atoms with E-state index in [-0.39, 0.29) is 5.97 Å². The highest BCUT2D eigenvalue weighted by Crippen LogP contribution is 2.10. The second-order valence-corrected chi connectivity index (χ2v) is 6.65. The first-order valence-corrected chi connectivity index (χ1v) is 10.4. The van der Waals surface area contributed by atoms with Crippen LogP contribution < -0.4 is 0 Å². The Labute approximate surface area is 185 Å². The molecule has 8 nitrogen and oxygen atoms in total. The van der Waals surface area contributed by atoms with Gasteiger partial charge in [0.15, 0.2) is 0 Å². The lowest BCUT2D eigenvalue weighted by Crippen LogP contribution is -2.05. The Bertz CT molecular complexity index is 548. The number of carboxylic acids is 3. The van der Waals surface area contributed by atoms with Gasteiger partial charge in [0.05, 0.1) is 6.61 Å². The summed E-state index contributed by atoms with van der Waals surface area (Å²) in [5, 5.41) is 23.2. The van der Waals surface area contributed by atoms with Crippen molar-refractivity contribution in [1.82, 2.24) is 0 Å². The van der Waals surface area contributed by atoms with Gasteiger partial charge >= 0.3 is 23.9 Å². The van der Waals surface area contributed by atoms with Gasteiger partial charge in [-0.25, -0.2) is 19.2 Å². The van der Waals surface area contributed by atoms with Gasteiger partial charge in [-0.3, -0.25) is 0 Å². The van der Waals surface area contributed by atoms with Gasteiger partial charge in [0.1, 0.15) is 0 Å². The highest BCUT2D eigenvalue weighted by molar-refractivity contribution is 5.89. The molecule has 0 heterocycles. The zero-order chi connectivity index (χ0) is 24.5. The highest BCUT2D eigenvalue weighted by Gasteiger charge is 2.01. The standard InChI is InChI=1S/C16H30O2.C4H4O4.C3H4O2/c1-4-5-6-7-8-9-10-11-12-13-14-18-16(17)15(2)3;5-3(6)1-2-4(7)8;1-2-3(4)5/h2,4-14H2,1,3H3;1-2H,(H,5,6)(H,7,8);2H,1H2,(H,4,5)/b;2-1-;. The zero-order valence-electron chi connectivity index (χ0n) is 18.8. The molecule has 0 saturated heterocycles. The number of esters is 1. The van der Waals surface area contributed by atoms with Gasteiger partial charge in [0, 0.05) is 23.8 Å². The summed E-state index contributed by atoms with van der Waals surface area (Å²) >= 11 is 0. The van der Waals surface area contributed by atoms with Crippen LogP contribution in [0.4, 0.5) is 0 Å². The molecule has 0 radical (unpaired) electrons. The van der Waals surface area contributed by atoms with Gasteiger partial charge in [-0.2, -0.15) is 0 Å². The van der Waals surface area contributed by atoms with Crippen LogP contribution in [-0.4, -0.2) is 45.8 Å². The normalized spacial score (nSPS) is 9.48. The SMILES string of the molecule is C=C(C)C(=O)OCCCCCCCCCCCC.C=CC(=O)O.O=C(O)/C=C\C(=O)O. The molecule has 178 valence electrons. The van der Waals surface area contributed by atoms with Gasteiger partial charge < -0.3 is 20.1 Å². The Morgan fingerprint density at radius 2 is 1.10 bits per heavy atom. The molecule has 0 unspecified atom stereocenters. The highest BCUT2D eigenvalue weighted by atomic mass is 16.5. The molecule has 0 aliphatic heterocycles. The first kappa shape index (κ1) is 32.8. The fourth-order valence-electron chi connectivity index (χ4n) is 2.02. The maximum atomic E-state index is 11.1. The summed E-state index contributed by atoms with van der Waals surface area (Å²) in [5.41, 5.74) is 0.488. The molecule has 0 bridgehead atoms. The number of unbranched alkanes of at least 4 members (excludes halogenated alkanes) is 9. The summed E-state index contributed by atoms with van der Waals surface area (Å²) in [6, 6.07) is 0. The Hall–Kier alpha value is -2.90. The van der Waals surface area contributed by atoms with Gasteiger partial charge in [-0.1, -0.05) is 77.9 Å². The monoisotopic (exact) mass is 442 g/mol. The van der Waals surface area contributed by atoms with Gasteiger partial charge in [-0.05, 0) is 13.3 Å². The second-order valence-electron chi connectivity index (χ2n) is 6.65. The van der Waals surface area contributed by atoms with Crippen molar-refractivity contribution in [2.45, 2.75) is 78.1 Å². The summed E-state index contributed by atoms with van der Waals surface area (Å²) in [7, 11) is 0. The molecule has 0 aliphatic rings. The van der Waals surface area contributed by atoms with Gasteiger partial charge in [0.25, 0.3) is 0 Å². The fraction of sp³-hybridized carbons (Fsp3) is 0.565. The van der Waals surface area contributed by atoms with Crippen LogP contribution in [-0.2, 0) is 23.9 Å². The van der Waals surface area contributed by atoms with E-state index < -0.39 is 17.9 Å². The summed E-state index contributed by atoms with van der Waals surface area (Å²) in [6.07, 6.45) is 14.9. The van der Waals surface area contributed by atoms with E-state index in [0.29, 0.717) is 24.3 Å². The first-order chi connectivity index (χ1) is 14.6. The van der Waals surface area contributed by atoms with Gasteiger partial charge in [0.2, 0.25) is 0 Å². The Kier molecular flexibility index (Phi) is 26.6. The summed E-state index contributed by atoms with van der Waals surface area (Å²) in [5.74, 6) is -3.75. The van der Waals surface area contributed by atoms with E-state index in [1.54, 1.807) is 6.92 Å². The van der Waals surface area contributed by atoms with E-state index in [9.17, 15) is 19.2 Å². The molecule has 0 aromatic carbocycles. The van der Waals surface area contributed by atoms with E-state index in [1.165, 1.54) is 57.8 Å². The molecule has 0 saturated carbocycles. The predicted octanol–water partition coefficient (Wildman–Crippen LogP) is 5.00. The van der Waals surface area contributed by atoms with Crippen LogP contribution in [0.15, 0.2) is 37.0 Å². The van der Waals surface area contributed by atoms with Crippen LogP contribution in [0.3, 0.4) is 0 Å². The summed E-state index contributed by atoms with van der Waals surface area (Å²) < 4.78 is 5.04. The van der Waals surface area contributed by atoms with Crippen LogP contribution in [0, 0.1) is 0 Å². The lowest BCUT2D eigenvalue weighted by atomic mass is 10.1. The Balaban J connectivity index is -0.000000494. The number of hydrogen-bond donors (Lipinski definition) is 3. The molecule has 0 rings (SSSR count). The van der Waals surface area contributed by atoms with E-state index in [1.807, 2.05) is 0 Å². The minimum atomic E-state index is -1.26. The number of carbonyl (C=O) groups is 4. The third kappa shape index (κ3) is 38.3. The Morgan fingerprint density at radius 1 is 0.742 bits per heavy atom. The number of ether oxygens (including phenoxy) is 1. The number of aliphatic carboxylic acids is 3. The quantitative estimate of drug-likeness (QED) is 0.183. The van der Waals surface area contributed by atoms with Gasteiger partial charge in [-0.15, -0.1) is 0 Å². The lowest BCUT2D eigenvalue weighted by molar-refractivity contribution is -0.139. The van der Waals surface area contributed by atoms with Crippen molar-refractivity contribution in [1.29, 1.82) is 0 Å². The average molecular weight is 443 g/mol. The molecule has 0 aromatic heterocycles. The summed E-state index contributed by atoms with van der Waals surface area (Å²) in [4.78, 5) is 39.4. The molecule has 3 N–H and O–H groups in total. The van der Waals surface area contributed by atoms with E-state index in [0.717, 1.165) is 12.5 Å². The third-order valence-corrected chi connectivity index (χ3v) is 3.62. The van der Waals surface area contributed by atoms with Crippen molar-refractivity contribution in [2.24, 2.45) is 0 Å². The lowest BCUT2D eigenvalue weighted by Gasteiger charge is -2.04. The van der Waals surface area contributed by atoms with Crippen molar-refractivity contribution < 1.29 is 39.2 Å². The third-order valence-electron chi connectivity index (χ3n) is 3.62. The molecule has 0 aromatic rings. The number of carboxylic acid groups (broad SMARTS) is 3. The van der Waals surface area contributed by atoms with Crippen molar-refractivity contribution in [3.8, 4) is 0 Å². The molecular weight excluding hydrogens is 404 g/mol. The van der Waals surface area contributed by atoms with Crippen molar-refractivity contribution in [3.05, 3.63) is 37.0 Å². The molecular formula is C23H38O8. The molecule has 8 heteroatoms. The van der Waals surface area contributed by atoms with Crippen LogP contribution in [0.5, 0.6) is 0 Å². The van der Waals surface area contributed by atoms with Crippen LogP contribution in [0.1, 0.15) is 78.1 Å². The van der Waals surface area contributed by atoms with Crippen LogP contribution >= 0.6 is 0 Å². The smallest absolute Gasteiger partial charge is 0.333 e. The maximum Gasteiger partial charge on any atom is 0.333 e. The van der Waals surface area contributed by atoms with Crippen LogP contribution in [0.25, 0.3) is 0 Å². The topological polar surface area (TPSA) is 138 Å². The first-order valence-electron chi connectivity index (χ1n) is 10.4. The minimum absolute atomic E-state index is 0.258. The van der Waals surface area contributed by atoms with Crippen LogP contribution in [0.2, 0.25) is 0 Å². The molecule has 0 atom stereocenters. The number of hydrogen-bond acceptors (Lipinski definition) is 5.